The number of methoxy groups -OCH3 is 1. The maximum Gasteiger partial charge on any atom is 0.337 e. The Bertz CT molecular complexity index is 1600. The van der Waals surface area contributed by atoms with Crippen LogP contribution in [0.4, 0.5) is 0 Å². The highest BCUT2D eigenvalue weighted by Crippen LogP contribution is 2.40. The van der Waals surface area contributed by atoms with Gasteiger partial charge in [-0.25, -0.2) is 4.79 Å². The molecule has 0 bridgehead atoms. The molecule has 0 aromatic heterocycles. The van der Waals surface area contributed by atoms with Gasteiger partial charge in [0.15, 0.2) is 24.5 Å². The molecule has 14 heteroatoms. The zero-order valence-corrected chi connectivity index (χ0v) is 28.6. The van der Waals surface area contributed by atoms with Crippen molar-refractivity contribution in [3.05, 3.63) is 118 Å². The zero-order chi connectivity index (χ0) is 35.8. The van der Waals surface area contributed by atoms with Gasteiger partial charge >= 0.3 is 5.97 Å². The van der Waals surface area contributed by atoms with E-state index in [0.717, 1.165) is 16.7 Å². The fraction of sp³-hybridized carbons (Fsp3) is 0.486. The zero-order valence-electron chi connectivity index (χ0n) is 28.6. The lowest BCUT2D eigenvalue weighted by atomic mass is 9.95. The molecule has 14 nitrogen and oxygen atoms in total. The highest BCUT2D eigenvalue weighted by molar-refractivity contribution is 5.75. The molecule has 3 saturated heterocycles. The predicted octanol–water partition coefficient (Wildman–Crippen LogP) is 4.57. The van der Waals surface area contributed by atoms with Gasteiger partial charge in [-0.1, -0.05) is 96.1 Å². The van der Waals surface area contributed by atoms with Crippen LogP contribution in [0.3, 0.4) is 0 Å². The first kappa shape index (κ1) is 36.9. The third-order valence-electron chi connectivity index (χ3n) is 8.83. The lowest BCUT2D eigenvalue weighted by Crippen LogP contribution is -2.65. The topological polar surface area (TPSA) is 169 Å². The SMILES string of the molecule is COC(=O)[C@@H]1O[C@@H]2OC(C)(C)OC2C(OCc2ccccc2)[C@@H]1O[C@@H]1OC(COCc2ccccc2)[C@H](O)[C@H](OCc2ccccc2)C1N=[N+]=[N-]. The highest BCUT2D eigenvalue weighted by atomic mass is 16.8. The third-order valence-corrected chi connectivity index (χ3v) is 8.83. The number of azide groups is 1. The summed E-state index contributed by atoms with van der Waals surface area (Å²) in [5, 5.41) is 15.6. The summed E-state index contributed by atoms with van der Waals surface area (Å²) >= 11 is 0. The Morgan fingerprint density at radius 2 is 1.39 bits per heavy atom. The second kappa shape index (κ2) is 17.1. The summed E-state index contributed by atoms with van der Waals surface area (Å²) in [6.07, 6.45) is -10.1. The first-order valence-electron chi connectivity index (χ1n) is 16.8. The molecule has 0 spiro atoms. The number of hydrogen-bond acceptors (Lipinski definition) is 12. The minimum Gasteiger partial charge on any atom is -0.467 e. The molecular formula is C37H43N3O11. The van der Waals surface area contributed by atoms with E-state index in [4.69, 9.17) is 42.6 Å². The molecule has 0 amide bonds. The lowest BCUT2D eigenvalue weighted by Gasteiger charge is -2.47. The van der Waals surface area contributed by atoms with Crippen molar-refractivity contribution in [3.63, 3.8) is 0 Å². The molecule has 3 aromatic rings. The molecular weight excluding hydrogens is 662 g/mol. The molecule has 3 aliphatic rings. The number of aliphatic hydroxyl groups excluding tert-OH is 1. The van der Waals surface area contributed by atoms with Gasteiger partial charge in [0.05, 0.1) is 39.6 Å². The molecule has 3 aliphatic heterocycles. The average Bonchev–Trinajstić information content (AvgIpc) is 3.46. The van der Waals surface area contributed by atoms with Crippen LogP contribution in [0.2, 0.25) is 0 Å². The second-order valence-corrected chi connectivity index (χ2v) is 12.9. The Balaban J connectivity index is 1.31. The van der Waals surface area contributed by atoms with E-state index in [-0.39, 0.29) is 26.4 Å². The molecule has 3 heterocycles. The summed E-state index contributed by atoms with van der Waals surface area (Å²) in [6, 6.07) is 27.2. The van der Waals surface area contributed by atoms with Crippen molar-refractivity contribution in [2.75, 3.05) is 13.7 Å². The number of nitrogens with zero attached hydrogens (tertiary/aromatic N) is 3. The van der Waals surface area contributed by atoms with Crippen LogP contribution in [0, 0.1) is 0 Å². The van der Waals surface area contributed by atoms with Gasteiger partial charge in [-0.15, -0.1) is 0 Å². The van der Waals surface area contributed by atoms with E-state index in [9.17, 15) is 15.4 Å². The van der Waals surface area contributed by atoms with Gasteiger partial charge in [-0.05, 0) is 36.1 Å². The summed E-state index contributed by atoms with van der Waals surface area (Å²) in [5.74, 6) is -1.83. The van der Waals surface area contributed by atoms with Gasteiger partial charge < -0.3 is 47.7 Å². The van der Waals surface area contributed by atoms with Crippen LogP contribution < -0.4 is 0 Å². The standard InChI is InChI=1S/C37H43N3O11/c1-37(2)50-33-30(46-21-25-17-11-6-12-18-25)31(32(34(42)43-3)49-36(33)51-37)48-35-27(39-40-38)29(45-20-24-15-9-5-10-16-24)28(41)26(47-35)22-44-19-23-13-7-4-8-14-23/h4-18,26-33,35-36,41H,19-22H2,1-3H3/t26?,27?,28-,29+,30?,31-,32+,33?,35-,36+/m0/s1. The molecule has 272 valence electrons. The Morgan fingerprint density at radius 1 is 0.824 bits per heavy atom. The highest BCUT2D eigenvalue weighted by Gasteiger charge is 2.59. The monoisotopic (exact) mass is 705 g/mol. The molecule has 0 saturated carbocycles. The molecule has 3 aromatic carbocycles. The van der Waals surface area contributed by atoms with Crippen LogP contribution in [0.25, 0.3) is 10.4 Å². The van der Waals surface area contributed by atoms with Gasteiger partial charge in [0.2, 0.25) is 0 Å². The second-order valence-electron chi connectivity index (χ2n) is 12.9. The number of ether oxygens (including phenoxy) is 9. The molecule has 51 heavy (non-hydrogen) atoms. The number of carbonyl (C=O) groups excluding carboxylic acids is 1. The fourth-order valence-corrected chi connectivity index (χ4v) is 6.39. The Labute approximate surface area is 296 Å². The van der Waals surface area contributed by atoms with Gasteiger partial charge in [-0.2, -0.15) is 0 Å². The van der Waals surface area contributed by atoms with Gasteiger partial charge in [0.25, 0.3) is 0 Å². The van der Waals surface area contributed by atoms with E-state index in [1.807, 2.05) is 91.0 Å². The number of carbonyl (C=O) groups is 1. The molecule has 10 atom stereocenters. The number of hydrogen-bond donors (Lipinski definition) is 1. The normalized spacial score (nSPS) is 31.3. The first-order valence-corrected chi connectivity index (χ1v) is 16.8. The maximum atomic E-state index is 13.3. The van der Waals surface area contributed by atoms with Crippen LogP contribution in [0.1, 0.15) is 30.5 Å². The van der Waals surface area contributed by atoms with Crippen molar-refractivity contribution in [1.29, 1.82) is 0 Å². The number of esters is 1. The van der Waals surface area contributed by atoms with Crippen LogP contribution in [-0.2, 0) is 67.2 Å². The van der Waals surface area contributed by atoms with Crippen molar-refractivity contribution < 1.29 is 52.5 Å². The van der Waals surface area contributed by atoms with E-state index in [0.29, 0.717) is 0 Å². The van der Waals surface area contributed by atoms with Gasteiger partial charge in [-0.3, -0.25) is 0 Å². The minimum absolute atomic E-state index is 0.0600. The summed E-state index contributed by atoms with van der Waals surface area (Å²) in [7, 11) is 1.23. The van der Waals surface area contributed by atoms with Crippen LogP contribution in [-0.4, -0.2) is 91.9 Å². The number of aliphatic hydroxyl groups is 1. The third kappa shape index (κ3) is 9.12. The van der Waals surface area contributed by atoms with E-state index < -0.39 is 73.1 Å². The van der Waals surface area contributed by atoms with Crippen molar-refractivity contribution in [2.24, 2.45) is 5.11 Å². The van der Waals surface area contributed by atoms with E-state index in [2.05, 4.69) is 10.0 Å². The molecule has 1 N–H and O–H groups in total. The quantitative estimate of drug-likeness (QED) is 0.108. The number of rotatable bonds is 14. The van der Waals surface area contributed by atoms with Gasteiger partial charge in [0, 0.05) is 4.91 Å². The van der Waals surface area contributed by atoms with Crippen molar-refractivity contribution in [2.45, 2.75) is 101 Å². The minimum atomic E-state index is -1.37. The molecule has 3 fully saturated rings. The molecule has 0 radical (unpaired) electrons. The number of benzene rings is 3. The Hall–Kier alpha value is -3.92. The van der Waals surface area contributed by atoms with Crippen LogP contribution >= 0.6 is 0 Å². The Kier molecular flexibility index (Phi) is 12.3. The molecule has 6 rings (SSSR count). The summed E-state index contributed by atoms with van der Waals surface area (Å²) in [6.45, 7) is 3.87. The van der Waals surface area contributed by atoms with Gasteiger partial charge in [0.1, 0.15) is 36.6 Å². The Morgan fingerprint density at radius 3 is 1.96 bits per heavy atom. The van der Waals surface area contributed by atoms with E-state index in [1.165, 1.54) is 7.11 Å². The average molecular weight is 706 g/mol. The van der Waals surface area contributed by atoms with Crippen molar-refractivity contribution in [1.82, 2.24) is 0 Å². The maximum absolute atomic E-state index is 13.3. The molecule has 4 unspecified atom stereocenters. The smallest absolute Gasteiger partial charge is 0.337 e. The van der Waals surface area contributed by atoms with Crippen molar-refractivity contribution in [3.8, 4) is 0 Å². The predicted molar refractivity (Wildman–Crippen MR) is 179 cm³/mol. The first-order chi connectivity index (χ1) is 24.8. The lowest BCUT2D eigenvalue weighted by molar-refractivity contribution is -0.330. The summed E-state index contributed by atoms with van der Waals surface area (Å²) < 4.78 is 55.2. The van der Waals surface area contributed by atoms with E-state index >= 15 is 0 Å². The summed E-state index contributed by atoms with van der Waals surface area (Å²) in [5.41, 5.74) is 12.3. The van der Waals surface area contributed by atoms with Crippen molar-refractivity contribution >= 4 is 5.97 Å². The largest absolute Gasteiger partial charge is 0.467 e. The fourth-order valence-electron chi connectivity index (χ4n) is 6.39. The van der Waals surface area contributed by atoms with Crippen LogP contribution in [0.5, 0.6) is 0 Å². The van der Waals surface area contributed by atoms with Crippen LogP contribution in [0.15, 0.2) is 96.1 Å². The number of fused-ring (bicyclic) bond motifs is 1. The molecule has 0 aliphatic carbocycles. The summed E-state index contributed by atoms with van der Waals surface area (Å²) in [4.78, 5) is 16.4. The van der Waals surface area contributed by atoms with E-state index in [1.54, 1.807) is 13.8 Å².